The van der Waals surface area contributed by atoms with Gasteiger partial charge < -0.3 is 9.84 Å². The van der Waals surface area contributed by atoms with Crippen molar-refractivity contribution in [2.75, 3.05) is 7.11 Å². The number of hydrogen-bond donors (Lipinski definition) is 1. The van der Waals surface area contributed by atoms with Gasteiger partial charge in [-0.2, -0.15) is 0 Å². The van der Waals surface area contributed by atoms with E-state index >= 15 is 0 Å². The second-order valence-electron chi connectivity index (χ2n) is 7.58. The number of aliphatic hydroxyl groups excluding tert-OH is 1. The first-order chi connectivity index (χ1) is 10.1. The fourth-order valence-electron chi connectivity index (χ4n) is 5.72. The molecular weight excluding hydrogens is 267 g/mol. The maximum Gasteiger partial charge on any atom is 0.165 e. The maximum atomic E-state index is 13.9. The van der Waals surface area contributed by atoms with Gasteiger partial charge in [-0.25, -0.2) is 4.39 Å². The summed E-state index contributed by atoms with van der Waals surface area (Å²) in [5, 5.41) is 11.0. The van der Waals surface area contributed by atoms with Crippen LogP contribution in [-0.4, -0.2) is 12.2 Å². The van der Waals surface area contributed by atoms with Crippen LogP contribution in [0.15, 0.2) is 18.2 Å². The molecule has 21 heavy (non-hydrogen) atoms. The predicted octanol–water partition coefficient (Wildman–Crippen LogP) is 4.08. The van der Waals surface area contributed by atoms with E-state index < -0.39 is 6.10 Å². The van der Waals surface area contributed by atoms with Gasteiger partial charge in [-0.15, -0.1) is 0 Å². The summed E-state index contributed by atoms with van der Waals surface area (Å²) >= 11 is 0. The van der Waals surface area contributed by atoms with Gasteiger partial charge in [-0.3, -0.25) is 0 Å². The molecule has 4 saturated carbocycles. The summed E-state index contributed by atoms with van der Waals surface area (Å²) in [5.74, 6) is 2.23. The van der Waals surface area contributed by atoms with Crippen LogP contribution < -0.4 is 4.74 Å². The minimum absolute atomic E-state index is 0.00419. The minimum Gasteiger partial charge on any atom is -0.494 e. The van der Waals surface area contributed by atoms with E-state index in [1.807, 2.05) is 6.07 Å². The largest absolute Gasteiger partial charge is 0.494 e. The standard InChI is InChI=1S/C18H23FO2/c1-21-16-3-2-14(7-15(16)19)17(20)18-8-11-4-12(9-18)6-13(5-11)10-18/h2-3,7,11-13,17,20H,4-6,8-10H2,1H3. The molecule has 1 N–H and O–H groups in total. The molecule has 0 radical (unpaired) electrons. The van der Waals surface area contributed by atoms with Crippen molar-refractivity contribution < 1.29 is 14.2 Å². The van der Waals surface area contributed by atoms with Crippen molar-refractivity contribution in [1.82, 2.24) is 0 Å². The Hall–Kier alpha value is -1.09. The highest BCUT2D eigenvalue weighted by Gasteiger charge is 2.54. The number of benzene rings is 1. The van der Waals surface area contributed by atoms with Gasteiger partial charge in [0.15, 0.2) is 11.6 Å². The fraction of sp³-hybridized carbons (Fsp3) is 0.667. The van der Waals surface area contributed by atoms with Crippen LogP contribution in [0.2, 0.25) is 0 Å². The summed E-state index contributed by atoms with van der Waals surface area (Å²) in [6.07, 6.45) is 6.87. The van der Waals surface area contributed by atoms with Gasteiger partial charge in [0.1, 0.15) is 0 Å². The number of ether oxygens (including phenoxy) is 1. The summed E-state index contributed by atoms with van der Waals surface area (Å²) in [7, 11) is 1.47. The molecule has 2 nitrogen and oxygen atoms in total. The second kappa shape index (κ2) is 4.70. The minimum atomic E-state index is -0.536. The molecule has 3 heteroatoms. The van der Waals surface area contributed by atoms with Gasteiger partial charge in [0.25, 0.3) is 0 Å². The lowest BCUT2D eigenvalue weighted by Crippen LogP contribution is -2.48. The van der Waals surface area contributed by atoms with Gasteiger partial charge in [0, 0.05) is 5.41 Å². The van der Waals surface area contributed by atoms with Gasteiger partial charge in [0.05, 0.1) is 13.2 Å². The molecule has 0 aliphatic heterocycles. The molecule has 0 saturated heterocycles. The molecular formula is C18H23FO2. The first-order valence-electron chi connectivity index (χ1n) is 8.11. The van der Waals surface area contributed by atoms with E-state index in [-0.39, 0.29) is 17.0 Å². The summed E-state index contributed by atoms with van der Waals surface area (Å²) in [4.78, 5) is 0. The van der Waals surface area contributed by atoms with Gasteiger partial charge >= 0.3 is 0 Å². The highest BCUT2D eigenvalue weighted by Crippen LogP contribution is 2.64. The van der Waals surface area contributed by atoms with Crippen LogP contribution in [-0.2, 0) is 0 Å². The van der Waals surface area contributed by atoms with Gasteiger partial charge in [-0.05, 0) is 74.0 Å². The predicted molar refractivity (Wildman–Crippen MR) is 78.5 cm³/mol. The van der Waals surface area contributed by atoms with Crippen LogP contribution in [0.25, 0.3) is 0 Å². The Morgan fingerprint density at radius 2 is 1.71 bits per heavy atom. The highest BCUT2D eigenvalue weighted by atomic mass is 19.1. The smallest absolute Gasteiger partial charge is 0.165 e. The molecule has 4 aliphatic rings. The molecule has 0 spiro atoms. The molecule has 5 rings (SSSR count). The number of methoxy groups -OCH3 is 1. The van der Waals surface area contributed by atoms with Crippen LogP contribution >= 0.6 is 0 Å². The Morgan fingerprint density at radius 1 is 1.14 bits per heavy atom. The van der Waals surface area contributed by atoms with E-state index in [1.54, 1.807) is 6.07 Å². The Labute approximate surface area is 125 Å². The zero-order valence-electron chi connectivity index (χ0n) is 12.5. The zero-order valence-corrected chi connectivity index (χ0v) is 12.5. The second-order valence-corrected chi connectivity index (χ2v) is 7.58. The van der Waals surface area contributed by atoms with Crippen molar-refractivity contribution in [1.29, 1.82) is 0 Å². The summed E-state index contributed by atoms with van der Waals surface area (Å²) < 4.78 is 18.9. The van der Waals surface area contributed by atoms with Crippen molar-refractivity contribution in [3.05, 3.63) is 29.6 Å². The molecule has 1 unspecified atom stereocenters. The Balaban J connectivity index is 1.65. The highest BCUT2D eigenvalue weighted by molar-refractivity contribution is 5.31. The number of aliphatic hydroxyl groups is 1. The molecule has 114 valence electrons. The van der Waals surface area contributed by atoms with Crippen molar-refractivity contribution >= 4 is 0 Å². The average Bonchev–Trinajstić information content (AvgIpc) is 2.45. The van der Waals surface area contributed by atoms with Gasteiger partial charge in [-0.1, -0.05) is 6.07 Å². The Morgan fingerprint density at radius 3 is 2.19 bits per heavy atom. The van der Waals surface area contributed by atoms with Crippen LogP contribution in [0.3, 0.4) is 0 Å². The molecule has 4 aliphatic carbocycles. The topological polar surface area (TPSA) is 29.5 Å². The number of hydrogen-bond acceptors (Lipinski definition) is 2. The van der Waals surface area contributed by atoms with Crippen LogP contribution in [0.1, 0.15) is 50.2 Å². The average molecular weight is 290 g/mol. The van der Waals surface area contributed by atoms with Crippen LogP contribution in [0.5, 0.6) is 5.75 Å². The third-order valence-electron chi connectivity index (χ3n) is 6.16. The van der Waals surface area contributed by atoms with Crippen LogP contribution in [0, 0.1) is 29.0 Å². The van der Waals surface area contributed by atoms with Gasteiger partial charge in [0.2, 0.25) is 0 Å². The molecule has 4 fully saturated rings. The van der Waals surface area contributed by atoms with E-state index in [0.717, 1.165) is 42.6 Å². The van der Waals surface area contributed by atoms with E-state index in [2.05, 4.69) is 0 Å². The van der Waals surface area contributed by atoms with Crippen molar-refractivity contribution in [3.8, 4) is 5.75 Å². The van der Waals surface area contributed by atoms with E-state index in [9.17, 15) is 9.50 Å². The number of rotatable bonds is 3. The molecule has 0 heterocycles. The summed E-state index contributed by atoms with van der Waals surface area (Å²) in [6.45, 7) is 0. The third kappa shape index (κ3) is 2.09. The molecule has 0 amide bonds. The normalized spacial score (nSPS) is 38.5. The third-order valence-corrected chi connectivity index (χ3v) is 6.16. The lowest BCUT2D eigenvalue weighted by atomic mass is 9.47. The van der Waals surface area contributed by atoms with E-state index in [0.29, 0.717) is 0 Å². The van der Waals surface area contributed by atoms with Crippen molar-refractivity contribution in [2.24, 2.45) is 23.2 Å². The SMILES string of the molecule is COc1ccc(C(O)C23CC4CC(CC(C4)C2)C3)cc1F. The first kappa shape index (κ1) is 13.6. The van der Waals surface area contributed by atoms with Crippen molar-refractivity contribution in [3.63, 3.8) is 0 Å². The first-order valence-corrected chi connectivity index (χ1v) is 8.11. The van der Waals surface area contributed by atoms with E-state index in [4.69, 9.17) is 4.74 Å². The number of halogens is 1. The monoisotopic (exact) mass is 290 g/mol. The molecule has 4 bridgehead atoms. The molecule has 1 aromatic carbocycles. The summed E-state index contributed by atoms with van der Waals surface area (Å²) in [6, 6.07) is 4.92. The van der Waals surface area contributed by atoms with Crippen molar-refractivity contribution in [2.45, 2.75) is 44.6 Å². The molecule has 0 aromatic heterocycles. The lowest BCUT2D eigenvalue weighted by molar-refractivity contribution is -0.122. The quantitative estimate of drug-likeness (QED) is 0.908. The fourth-order valence-corrected chi connectivity index (χ4v) is 5.72. The maximum absolute atomic E-state index is 13.9. The summed E-state index contributed by atoms with van der Waals surface area (Å²) in [5.41, 5.74) is 0.714. The Bertz CT molecular complexity index is 519. The zero-order chi connectivity index (χ0) is 14.6. The molecule has 1 atom stereocenters. The Kier molecular flexibility index (Phi) is 3.04. The molecule has 1 aromatic rings. The van der Waals surface area contributed by atoms with E-state index in [1.165, 1.54) is 32.4 Å². The van der Waals surface area contributed by atoms with Crippen LogP contribution in [0.4, 0.5) is 4.39 Å². The lowest BCUT2D eigenvalue weighted by Gasteiger charge is -2.58.